The third-order valence-electron chi connectivity index (χ3n) is 4.95. The topological polar surface area (TPSA) is 107 Å². The number of carbonyl (C=O) groups is 1. The first-order valence-corrected chi connectivity index (χ1v) is 9.99. The lowest BCUT2D eigenvalue weighted by Crippen LogP contribution is -2.33. The van der Waals surface area contributed by atoms with E-state index in [1.54, 1.807) is 37.3 Å². The van der Waals surface area contributed by atoms with Crippen LogP contribution in [0.3, 0.4) is 0 Å². The standard InChI is InChI=1S/C23H17ClN6O2/c1-13(28-22(31)20-21(25)27-12-18(26-2)29-20)17-11-14-7-6-10-16(24)19(14)23(32)30(17)15-8-4-3-5-9-15/h3-13H,1H3,(H2,25,27)(H,28,31)/t13-/m0/s1. The third-order valence-corrected chi connectivity index (χ3v) is 5.26. The lowest BCUT2D eigenvalue weighted by Gasteiger charge is -2.21. The predicted molar refractivity (Wildman–Crippen MR) is 123 cm³/mol. The van der Waals surface area contributed by atoms with Gasteiger partial charge in [0.2, 0.25) is 0 Å². The van der Waals surface area contributed by atoms with Crippen LogP contribution in [-0.2, 0) is 0 Å². The normalized spacial score (nSPS) is 11.7. The average molecular weight is 445 g/mol. The minimum absolute atomic E-state index is 0.0430. The van der Waals surface area contributed by atoms with Crippen LogP contribution in [-0.4, -0.2) is 20.4 Å². The summed E-state index contributed by atoms with van der Waals surface area (Å²) < 4.78 is 1.52. The Morgan fingerprint density at radius 3 is 2.69 bits per heavy atom. The van der Waals surface area contributed by atoms with Gasteiger partial charge in [0.05, 0.1) is 22.6 Å². The maximum absolute atomic E-state index is 13.5. The molecule has 32 heavy (non-hydrogen) atoms. The lowest BCUT2D eigenvalue weighted by atomic mass is 10.1. The summed E-state index contributed by atoms with van der Waals surface area (Å²) in [6, 6.07) is 15.5. The molecule has 0 bridgehead atoms. The second-order valence-corrected chi connectivity index (χ2v) is 7.43. The summed E-state index contributed by atoms with van der Waals surface area (Å²) in [7, 11) is 0. The number of fused-ring (bicyclic) bond motifs is 1. The van der Waals surface area contributed by atoms with Gasteiger partial charge in [-0.3, -0.25) is 14.2 Å². The van der Waals surface area contributed by atoms with Crippen LogP contribution in [0.25, 0.3) is 21.3 Å². The Kier molecular flexibility index (Phi) is 5.58. The molecule has 0 unspecified atom stereocenters. The molecule has 0 radical (unpaired) electrons. The van der Waals surface area contributed by atoms with Gasteiger partial charge in [0.25, 0.3) is 23.0 Å². The molecular formula is C23H17ClN6O2. The van der Waals surface area contributed by atoms with E-state index in [-0.39, 0.29) is 22.9 Å². The first-order chi connectivity index (χ1) is 15.4. The Bertz CT molecular complexity index is 1440. The highest BCUT2D eigenvalue weighted by Gasteiger charge is 2.23. The SMILES string of the molecule is [C-]#[N+]c1cnc(N)c(C(=O)N[C@@H](C)c2cc3cccc(Cl)c3c(=O)n2-c2ccccc2)n1. The highest BCUT2D eigenvalue weighted by molar-refractivity contribution is 6.35. The highest BCUT2D eigenvalue weighted by Crippen LogP contribution is 2.25. The summed E-state index contributed by atoms with van der Waals surface area (Å²) in [4.78, 5) is 37.3. The number of amides is 1. The van der Waals surface area contributed by atoms with Crippen LogP contribution >= 0.6 is 11.6 Å². The van der Waals surface area contributed by atoms with Crippen LogP contribution < -0.4 is 16.6 Å². The van der Waals surface area contributed by atoms with E-state index < -0.39 is 11.9 Å². The van der Waals surface area contributed by atoms with Gasteiger partial charge < -0.3 is 15.9 Å². The number of aromatic nitrogens is 3. The predicted octanol–water partition coefficient (Wildman–Crippen LogP) is 4.06. The van der Waals surface area contributed by atoms with Crippen LogP contribution in [0.15, 0.2) is 65.6 Å². The molecule has 0 fully saturated rings. The smallest absolute Gasteiger partial charge is 0.298 e. The summed E-state index contributed by atoms with van der Waals surface area (Å²) in [5.74, 6) is -0.738. The highest BCUT2D eigenvalue weighted by atomic mass is 35.5. The molecule has 2 aromatic heterocycles. The number of para-hydroxylation sites is 1. The zero-order valence-electron chi connectivity index (χ0n) is 16.9. The molecule has 3 N–H and O–H groups in total. The molecule has 2 heterocycles. The number of nitrogens with zero attached hydrogens (tertiary/aromatic N) is 4. The fourth-order valence-corrected chi connectivity index (χ4v) is 3.71. The first-order valence-electron chi connectivity index (χ1n) is 9.61. The van der Waals surface area contributed by atoms with Gasteiger partial charge in [0, 0.05) is 11.4 Å². The third kappa shape index (κ3) is 3.77. The Hall–Kier alpha value is -4.22. The summed E-state index contributed by atoms with van der Waals surface area (Å²) in [5, 5.41) is 4.19. The second-order valence-electron chi connectivity index (χ2n) is 7.02. The van der Waals surface area contributed by atoms with Crippen molar-refractivity contribution < 1.29 is 4.79 Å². The number of carbonyl (C=O) groups excluding carboxylic acids is 1. The van der Waals surface area contributed by atoms with Crippen molar-refractivity contribution in [2.75, 3.05) is 5.73 Å². The maximum Gasteiger partial charge on any atom is 0.298 e. The fourth-order valence-electron chi connectivity index (χ4n) is 3.45. The maximum atomic E-state index is 13.5. The van der Waals surface area contributed by atoms with Crippen LogP contribution in [0.4, 0.5) is 11.6 Å². The quantitative estimate of drug-likeness (QED) is 0.461. The summed E-state index contributed by atoms with van der Waals surface area (Å²) >= 11 is 6.33. The molecule has 1 atom stereocenters. The number of nitrogen functional groups attached to an aromatic ring is 1. The lowest BCUT2D eigenvalue weighted by molar-refractivity contribution is 0.0934. The monoisotopic (exact) mass is 444 g/mol. The molecule has 0 aliphatic heterocycles. The van der Waals surface area contributed by atoms with Crippen LogP contribution in [0.1, 0.15) is 29.1 Å². The first kappa shape index (κ1) is 21.0. The number of halogens is 1. The van der Waals surface area contributed by atoms with E-state index in [4.69, 9.17) is 23.9 Å². The number of anilines is 1. The summed E-state index contributed by atoms with van der Waals surface area (Å²) in [6.07, 6.45) is 1.20. The summed E-state index contributed by atoms with van der Waals surface area (Å²) in [5.41, 5.74) is 6.51. The Morgan fingerprint density at radius 2 is 1.97 bits per heavy atom. The van der Waals surface area contributed by atoms with Crippen LogP contribution in [0, 0.1) is 6.57 Å². The molecule has 4 aromatic rings. The molecule has 8 nitrogen and oxygen atoms in total. The molecule has 0 spiro atoms. The number of hydrogen-bond acceptors (Lipinski definition) is 5. The zero-order chi connectivity index (χ0) is 22.8. The van der Waals surface area contributed by atoms with Crippen molar-refractivity contribution in [1.82, 2.24) is 19.9 Å². The van der Waals surface area contributed by atoms with Crippen LogP contribution in [0.2, 0.25) is 5.02 Å². The van der Waals surface area contributed by atoms with Crippen molar-refractivity contribution in [1.29, 1.82) is 0 Å². The molecule has 0 aliphatic carbocycles. The van der Waals surface area contributed by atoms with Gasteiger partial charge in [-0.1, -0.05) is 48.5 Å². The van der Waals surface area contributed by atoms with E-state index in [1.165, 1.54) is 10.8 Å². The second kappa shape index (κ2) is 8.49. The summed E-state index contributed by atoms with van der Waals surface area (Å²) in [6.45, 7) is 8.81. The van der Waals surface area contributed by atoms with Gasteiger partial charge in [-0.15, -0.1) is 4.98 Å². The van der Waals surface area contributed by atoms with Crippen molar-refractivity contribution in [3.63, 3.8) is 0 Å². The van der Waals surface area contributed by atoms with Crippen molar-refractivity contribution in [2.45, 2.75) is 13.0 Å². The fraction of sp³-hybridized carbons (Fsp3) is 0.0870. The molecule has 0 saturated heterocycles. The largest absolute Gasteiger partial charge is 0.380 e. The van der Waals surface area contributed by atoms with E-state index in [9.17, 15) is 9.59 Å². The molecule has 9 heteroatoms. The van der Waals surface area contributed by atoms with Gasteiger partial charge in [-0.25, -0.2) is 4.98 Å². The van der Waals surface area contributed by atoms with Gasteiger partial charge in [-0.2, -0.15) is 0 Å². The molecule has 2 aromatic carbocycles. The van der Waals surface area contributed by atoms with Gasteiger partial charge in [0.1, 0.15) is 0 Å². The number of pyridine rings is 1. The zero-order valence-corrected chi connectivity index (χ0v) is 17.7. The minimum Gasteiger partial charge on any atom is -0.380 e. The van der Waals surface area contributed by atoms with Gasteiger partial charge in [0.15, 0.2) is 5.82 Å². The molecule has 0 aliphatic rings. The average Bonchev–Trinajstić information content (AvgIpc) is 2.79. The molecular weight excluding hydrogens is 428 g/mol. The number of benzene rings is 2. The number of nitrogens with two attached hydrogens (primary N) is 1. The Labute approximate surface area is 188 Å². The number of nitrogens with one attached hydrogen (secondary N) is 1. The van der Waals surface area contributed by atoms with E-state index in [2.05, 4.69) is 20.1 Å². The van der Waals surface area contributed by atoms with Gasteiger partial charge in [-0.05, 0) is 36.6 Å². The van der Waals surface area contributed by atoms with E-state index in [1.807, 2.05) is 24.3 Å². The van der Waals surface area contributed by atoms with E-state index in [0.29, 0.717) is 27.2 Å². The molecule has 0 saturated carbocycles. The van der Waals surface area contributed by atoms with Crippen molar-refractivity contribution in [3.8, 4) is 5.69 Å². The van der Waals surface area contributed by atoms with Crippen molar-refractivity contribution in [3.05, 3.63) is 99.0 Å². The van der Waals surface area contributed by atoms with Crippen molar-refractivity contribution in [2.24, 2.45) is 0 Å². The number of rotatable bonds is 4. The van der Waals surface area contributed by atoms with E-state index in [0.717, 1.165) is 0 Å². The molecule has 158 valence electrons. The van der Waals surface area contributed by atoms with Gasteiger partial charge >= 0.3 is 0 Å². The van der Waals surface area contributed by atoms with Crippen LogP contribution in [0.5, 0.6) is 0 Å². The van der Waals surface area contributed by atoms with E-state index >= 15 is 0 Å². The Balaban J connectivity index is 1.84. The Morgan fingerprint density at radius 1 is 1.22 bits per heavy atom. The molecule has 1 amide bonds. The number of hydrogen-bond donors (Lipinski definition) is 2. The minimum atomic E-state index is -0.614. The molecule has 4 rings (SSSR count). The van der Waals surface area contributed by atoms with Crippen molar-refractivity contribution >= 4 is 39.9 Å².